The van der Waals surface area contributed by atoms with E-state index in [4.69, 9.17) is 4.74 Å². The number of hydrogen-bond donors (Lipinski definition) is 1. The fourth-order valence-electron chi connectivity index (χ4n) is 2.65. The zero-order valence-corrected chi connectivity index (χ0v) is 10.6. The van der Waals surface area contributed by atoms with Crippen molar-refractivity contribution in [1.29, 1.82) is 0 Å². The van der Waals surface area contributed by atoms with Crippen molar-refractivity contribution in [2.24, 2.45) is 5.41 Å². The Morgan fingerprint density at radius 1 is 1.27 bits per heavy atom. The Morgan fingerprint density at radius 3 is 2.47 bits per heavy atom. The SMILES string of the molecule is COCCCC1(CNC(C)C)CCCC1. The lowest BCUT2D eigenvalue weighted by atomic mass is 9.81. The predicted molar refractivity (Wildman–Crippen MR) is 65.1 cm³/mol. The smallest absolute Gasteiger partial charge is 0.0462 e. The number of nitrogens with one attached hydrogen (secondary N) is 1. The van der Waals surface area contributed by atoms with E-state index in [0.717, 1.165) is 6.61 Å². The Bertz CT molecular complexity index is 162. The van der Waals surface area contributed by atoms with E-state index in [1.165, 1.54) is 45.1 Å². The molecule has 1 N–H and O–H groups in total. The second-order valence-corrected chi connectivity index (χ2v) is 5.34. The summed E-state index contributed by atoms with van der Waals surface area (Å²) in [6.45, 7) is 6.59. The summed E-state index contributed by atoms with van der Waals surface area (Å²) < 4.78 is 5.15. The summed E-state index contributed by atoms with van der Waals surface area (Å²) in [7, 11) is 1.80. The van der Waals surface area contributed by atoms with Crippen molar-refractivity contribution in [3.63, 3.8) is 0 Å². The van der Waals surface area contributed by atoms with E-state index in [2.05, 4.69) is 19.2 Å². The van der Waals surface area contributed by atoms with Crippen LogP contribution in [0.3, 0.4) is 0 Å². The zero-order chi connectivity index (χ0) is 11.1. The number of rotatable bonds is 7. The van der Waals surface area contributed by atoms with Crippen molar-refractivity contribution in [1.82, 2.24) is 5.32 Å². The minimum atomic E-state index is 0.586. The highest BCUT2D eigenvalue weighted by Crippen LogP contribution is 2.41. The molecule has 0 radical (unpaired) electrons. The van der Waals surface area contributed by atoms with E-state index in [1.807, 2.05) is 0 Å². The van der Waals surface area contributed by atoms with Crippen LogP contribution in [0.2, 0.25) is 0 Å². The lowest BCUT2D eigenvalue weighted by Gasteiger charge is -2.30. The molecule has 2 heteroatoms. The van der Waals surface area contributed by atoms with E-state index in [1.54, 1.807) is 7.11 Å². The van der Waals surface area contributed by atoms with Gasteiger partial charge in [0.2, 0.25) is 0 Å². The average Bonchev–Trinajstić information content (AvgIpc) is 2.65. The Hall–Kier alpha value is -0.0800. The third-order valence-corrected chi connectivity index (χ3v) is 3.61. The highest BCUT2D eigenvalue weighted by atomic mass is 16.5. The molecular formula is C13H27NO. The molecule has 1 rings (SSSR count). The van der Waals surface area contributed by atoms with Crippen LogP contribution in [0.4, 0.5) is 0 Å². The van der Waals surface area contributed by atoms with E-state index < -0.39 is 0 Å². The molecule has 0 heterocycles. The topological polar surface area (TPSA) is 21.3 Å². The van der Waals surface area contributed by atoms with Gasteiger partial charge >= 0.3 is 0 Å². The van der Waals surface area contributed by atoms with Gasteiger partial charge in [0.05, 0.1) is 0 Å². The maximum atomic E-state index is 5.15. The Balaban J connectivity index is 2.32. The van der Waals surface area contributed by atoms with E-state index >= 15 is 0 Å². The van der Waals surface area contributed by atoms with E-state index in [-0.39, 0.29) is 0 Å². The first-order valence-corrected chi connectivity index (χ1v) is 6.41. The molecule has 0 bridgehead atoms. The van der Waals surface area contributed by atoms with E-state index in [0.29, 0.717) is 11.5 Å². The molecule has 0 unspecified atom stereocenters. The van der Waals surface area contributed by atoms with Crippen LogP contribution < -0.4 is 5.32 Å². The Morgan fingerprint density at radius 2 is 1.93 bits per heavy atom. The Labute approximate surface area is 94.8 Å². The van der Waals surface area contributed by atoms with Crippen molar-refractivity contribution >= 4 is 0 Å². The molecule has 0 aromatic heterocycles. The molecule has 1 saturated carbocycles. The molecule has 2 nitrogen and oxygen atoms in total. The van der Waals surface area contributed by atoms with E-state index in [9.17, 15) is 0 Å². The number of methoxy groups -OCH3 is 1. The van der Waals surface area contributed by atoms with Crippen LogP contribution in [0.1, 0.15) is 52.4 Å². The number of ether oxygens (including phenoxy) is 1. The van der Waals surface area contributed by atoms with Gasteiger partial charge < -0.3 is 10.1 Å². The van der Waals surface area contributed by atoms with Crippen LogP contribution >= 0.6 is 0 Å². The van der Waals surface area contributed by atoms with Gasteiger partial charge in [0.15, 0.2) is 0 Å². The molecule has 0 aromatic rings. The largest absolute Gasteiger partial charge is 0.385 e. The molecule has 1 aliphatic carbocycles. The van der Waals surface area contributed by atoms with Gasteiger partial charge in [-0.05, 0) is 31.1 Å². The fourth-order valence-corrected chi connectivity index (χ4v) is 2.65. The van der Waals surface area contributed by atoms with Gasteiger partial charge in [-0.15, -0.1) is 0 Å². The molecule has 1 fully saturated rings. The molecule has 1 aliphatic rings. The third-order valence-electron chi connectivity index (χ3n) is 3.61. The first kappa shape index (κ1) is 13.0. The molecule has 0 atom stereocenters. The molecule has 90 valence electrons. The van der Waals surface area contributed by atoms with Crippen LogP contribution in [0, 0.1) is 5.41 Å². The normalized spacial score (nSPS) is 20.0. The molecule has 15 heavy (non-hydrogen) atoms. The molecule has 0 aromatic carbocycles. The first-order chi connectivity index (χ1) is 7.18. The van der Waals surface area contributed by atoms with Gasteiger partial charge in [0.1, 0.15) is 0 Å². The second-order valence-electron chi connectivity index (χ2n) is 5.34. The molecule has 0 saturated heterocycles. The van der Waals surface area contributed by atoms with Gasteiger partial charge in [0.25, 0.3) is 0 Å². The lowest BCUT2D eigenvalue weighted by molar-refractivity contribution is 0.163. The van der Waals surface area contributed by atoms with Crippen molar-refractivity contribution in [3.05, 3.63) is 0 Å². The summed E-state index contributed by atoms with van der Waals surface area (Å²) in [5.74, 6) is 0. The average molecular weight is 213 g/mol. The highest BCUT2D eigenvalue weighted by Gasteiger charge is 2.32. The summed E-state index contributed by atoms with van der Waals surface area (Å²) in [6.07, 6.45) is 8.23. The summed E-state index contributed by atoms with van der Waals surface area (Å²) >= 11 is 0. The van der Waals surface area contributed by atoms with Crippen molar-refractivity contribution in [3.8, 4) is 0 Å². The van der Waals surface area contributed by atoms with Gasteiger partial charge in [0, 0.05) is 26.3 Å². The second kappa shape index (κ2) is 6.49. The summed E-state index contributed by atoms with van der Waals surface area (Å²) in [5.41, 5.74) is 0.586. The highest BCUT2D eigenvalue weighted by molar-refractivity contribution is 4.87. The zero-order valence-electron chi connectivity index (χ0n) is 10.6. The summed E-state index contributed by atoms with van der Waals surface area (Å²) in [6, 6.07) is 0.616. The van der Waals surface area contributed by atoms with Gasteiger partial charge in [-0.3, -0.25) is 0 Å². The van der Waals surface area contributed by atoms with Crippen LogP contribution in [0.5, 0.6) is 0 Å². The van der Waals surface area contributed by atoms with Crippen LogP contribution in [0.25, 0.3) is 0 Å². The molecule has 0 aliphatic heterocycles. The monoisotopic (exact) mass is 213 g/mol. The van der Waals surface area contributed by atoms with Crippen molar-refractivity contribution < 1.29 is 4.74 Å². The minimum Gasteiger partial charge on any atom is -0.385 e. The standard InChI is InChI=1S/C13H27NO/c1-12(2)14-11-13(7-4-5-8-13)9-6-10-15-3/h12,14H,4-11H2,1-3H3. The van der Waals surface area contributed by atoms with Gasteiger partial charge in [-0.25, -0.2) is 0 Å². The van der Waals surface area contributed by atoms with Crippen LogP contribution in [-0.4, -0.2) is 26.3 Å². The maximum Gasteiger partial charge on any atom is 0.0462 e. The molecule has 0 amide bonds. The lowest BCUT2D eigenvalue weighted by Crippen LogP contribution is -2.36. The summed E-state index contributed by atoms with van der Waals surface area (Å²) in [4.78, 5) is 0. The van der Waals surface area contributed by atoms with Crippen LogP contribution in [-0.2, 0) is 4.74 Å². The third kappa shape index (κ3) is 4.52. The Kier molecular flexibility index (Phi) is 5.62. The fraction of sp³-hybridized carbons (Fsp3) is 1.00. The van der Waals surface area contributed by atoms with Gasteiger partial charge in [-0.1, -0.05) is 26.7 Å². The number of hydrogen-bond acceptors (Lipinski definition) is 2. The first-order valence-electron chi connectivity index (χ1n) is 6.41. The van der Waals surface area contributed by atoms with Crippen molar-refractivity contribution in [2.75, 3.05) is 20.3 Å². The molecular weight excluding hydrogens is 186 g/mol. The predicted octanol–water partition coefficient (Wildman–Crippen LogP) is 2.97. The van der Waals surface area contributed by atoms with Crippen molar-refractivity contribution in [2.45, 2.75) is 58.4 Å². The maximum absolute atomic E-state index is 5.15. The summed E-state index contributed by atoms with van der Waals surface area (Å²) in [5, 5.41) is 3.61. The quantitative estimate of drug-likeness (QED) is 0.656. The molecule has 0 spiro atoms. The van der Waals surface area contributed by atoms with Gasteiger partial charge in [-0.2, -0.15) is 0 Å². The minimum absolute atomic E-state index is 0.586. The van der Waals surface area contributed by atoms with Crippen LogP contribution in [0.15, 0.2) is 0 Å².